The molecule has 4 nitrogen and oxygen atoms in total. The standard InChI is InChI=1S/C38H36N2O2/c1-23(2)17-19-39-31-15-7-11-25-9-5-13-27(35(25)31)33(39)21-29-37(41)30(38(29)42)22-34-28-14-6-10-26-12-8-16-32(36(26)28)40(34)20-18-24(3)4/h5-16,21-24H,17-20H2,1-4H3/p+1. The van der Waals surface area contributed by atoms with E-state index in [9.17, 15) is 9.90 Å². The number of ketones is 1. The number of benzene rings is 4. The summed E-state index contributed by atoms with van der Waals surface area (Å²) in [6.07, 6.45) is 5.88. The van der Waals surface area contributed by atoms with E-state index in [-0.39, 0.29) is 11.5 Å². The number of carbonyl (C=O) groups excluding carboxylic acids is 1. The molecule has 0 amide bonds. The van der Waals surface area contributed by atoms with Crippen molar-refractivity contribution in [2.75, 3.05) is 6.54 Å². The normalized spacial score (nSPS) is 16.6. The molecule has 1 aliphatic carbocycles. The van der Waals surface area contributed by atoms with Crippen molar-refractivity contribution in [1.82, 2.24) is 4.57 Å². The van der Waals surface area contributed by atoms with Gasteiger partial charge >= 0.3 is 0 Å². The lowest BCUT2D eigenvalue weighted by atomic mass is 9.86. The summed E-state index contributed by atoms with van der Waals surface area (Å²) in [5.74, 6) is 1.08. The molecule has 0 fully saturated rings. The number of hydrogen-bond acceptors (Lipinski definition) is 2. The molecule has 0 unspecified atom stereocenters. The molecule has 0 atom stereocenters. The fourth-order valence-electron chi connectivity index (χ4n) is 6.62. The van der Waals surface area contributed by atoms with Crippen molar-refractivity contribution in [1.29, 1.82) is 0 Å². The molecule has 5 aromatic rings. The first kappa shape index (κ1) is 26.5. The van der Waals surface area contributed by atoms with Crippen molar-refractivity contribution in [3.8, 4) is 0 Å². The largest absolute Gasteiger partial charge is 0.506 e. The fourth-order valence-corrected chi connectivity index (χ4v) is 6.62. The minimum absolute atomic E-state index is 0.0823. The van der Waals surface area contributed by atoms with E-state index in [4.69, 9.17) is 0 Å². The number of carbonyl (C=O) groups is 1. The van der Waals surface area contributed by atoms with Crippen molar-refractivity contribution < 1.29 is 14.5 Å². The Hall–Kier alpha value is -4.44. The first-order chi connectivity index (χ1) is 20.3. The Balaban J connectivity index is 1.38. The number of aliphatic hydroxyl groups is 1. The maximum absolute atomic E-state index is 13.7. The van der Waals surface area contributed by atoms with Gasteiger partial charge in [-0.25, -0.2) is 0 Å². The first-order valence-electron chi connectivity index (χ1n) is 15.2. The number of rotatable bonds is 8. The van der Waals surface area contributed by atoms with E-state index in [0.717, 1.165) is 47.9 Å². The highest BCUT2D eigenvalue weighted by molar-refractivity contribution is 6.29. The van der Waals surface area contributed by atoms with Crippen LogP contribution in [0.5, 0.6) is 0 Å². The number of allylic oxidation sites excluding steroid dienone is 3. The highest BCUT2D eigenvalue weighted by Crippen LogP contribution is 2.38. The van der Waals surface area contributed by atoms with Crippen LogP contribution in [0.2, 0.25) is 0 Å². The molecule has 0 spiro atoms. The summed E-state index contributed by atoms with van der Waals surface area (Å²) in [5, 5.41) is 18.3. The van der Waals surface area contributed by atoms with Crippen LogP contribution < -0.4 is 5.35 Å². The van der Waals surface area contributed by atoms with Gasteiger partial charge < -0.3 is 9.67 Å². The molecule has 7 rings (SSSR count). The van der Waals surface area contributed by atoms with Gasteiger partial charge in [0, 0.05) is 46.7 Å². The lowest BCUT2D eigenvalue weighted by molar-refractivity contribution is -0.437. The molecular formula is C38H37N2O2+. The third-order valence-corrected chi connectivity index (χ3v) is 8.90. The summed E-state index contributed by atoms with van der Waals surface area (Å²) in [4.78, 5) is 13.7. The van der Waals surface area contributed by atoms with Gasteiger partial charge in [-0.3, -0.25) is 4.79 Å². The van der Waals surface area contributed by atoms with Crippen LogP contribution >= 0.6 is 0 Å². The van der Waals surface area contributed by atoms with E-state index in [2.05, 4.69) is 110 Å². The second kappa shape index (κ2) is 10.1. The number of hydrogen-bond donors (Lipinski definition) is 1. The molecule has 4 aromatic carbocycles. The van der Waals surface area contributed by atoms with Gasteiger partial charge in [0.05, 0.1) is 22.1 Å². The zero-order valence-electron chi connectivity index (χ0n) is 24.8. The quantitative estimate of drug-likeness (QED) is 0.156. The SMILES string of the molecule is CC(C)CCn1c(=CC2=C(O)C(=CC3=[N+](CCC(C)C)c4cccc5cccc3c45)C2=O)c2cccc3cccc1c32. The highest BCUT2D eigenvalue weighted by atomic mass is 16.3. The van der Waals surface area contributed by atoms with E-state index in [0.29, 0.717) is 23.0 Å². The number of Topliss-reactive ketones (excluding diaryl/α,β-unsaturated/α-hetero) is 1. The molecule has 1 aromatic heterocycles. The van der Waals surface area contributed by atoms with Crippen LogP contribution in [0.3, 0.4) is 0 Å². The predicted octanol–water partition coefficient (Wildman–Crippen LogP) is 8.01. The molecule has 210 valence electrons. The zero-order chi connectivity index (χ0) is 29.1. The predicted molar refractivity (Wildman–Crippen MR) is 174 cm³/mol. The van der Waals surface area contributed by atoms with Gasteiger partial charge in [-0.05, 0) is 47.2 Å². The van der Waals surface area contributed by atoms with Gasteiger partial charge in [0.15, 0.2) is 0 Å². The van der Waals surface area contributed by atoms with Crippen LogP contribution in [0.1, 0.15) is 46.1 Å². The third-order valence-electron chi connectivity index (χ3n) is 8.90. The monoisotopic (exact) mass is 553 g/mol. The Bertz CT molecular complexity index is 2060. The molecule has 1 N–H and O–H groups in total. The van der Waals surface area contributed by atoms with Crippen LogP contribution in [0.4, 0.5) is 5.69 Å². The van der Waals surface area contributed by atoms with Crippen molar-refractivity contribution in [2.24, 2.45) is 11.8 Å². The van der Waals surface area contributed by atoms with Gasteiger partial charge in [-0.2, -0.15) is 4.58 Å². The van der Waals surface area contributed by atoms with Crippen LogP contribution in [0.25, 0.3) is 38.5 Å². The summed E-state index contributed by atoms with van der Waals surface area (Å²) < 4.78 is 4.65. The molecule has 0 bridgehead atoms. The molecule has 4 heteroatoms. The van der Waals surface area contributed by atoms with Gasteiger partial charge in [0.1, 0.15) is 12.3 Å². The molecule has 0 saturated heterocycles. The Morgan fingerprint density at radius 1 is 0.810 bits per heavy atom. The molecule has 0 saturated carbocycles. The average molecular weight is 554 g/mol. The van der Waals surface area contributed by atoms with Crippen LogP contribution in [-0.2, 0) is 11.3 Å². The Kier molecular flexibility index (Phi) is 6.38. The first-order valence-corrected chi connectivity index (χ1v) is 15.2. The number of aryl methyl sites for hydroxylation is 1. The van der Waals surface area contributed by atoms with Gasteiger partial charge in [-0.15, -0.1) is 0 Å². The lowest BCUT2D eigenvalue weighted by Gasteiger charge is -2.19. The molecular weight excluding hydrogens is 516 g/mol. The average Bonchev–Trinajstić information content (AvgIpc) is 3.46. The minimum Gasteiger partial charge on any atom is -0.506 e. The smallest absolute Gasteiger partial charge is 0.214 e. The molecule has 2 aliphatic rings. The Labute approximate surface area is 246 Å². The number of aliphatic hydroxyl groups excluding tert-OH is 1. The summed E-state index contributed by atoms with van der Waals surface area (Å²) >= 11 is 0. The molecule has 2 heterocycles. The Morgan fingerprint density at radius 2 is 1.48 bits per heavy atom. The summed E-state index contributed by atoms with van der Waals surface area (Å²) in [6.45, 7) is 10.6. The highest BCUT2D eigenvalue weighted by Gasteiger charge is 2.37. The lowest BCUT2D eigenvalue weighted by Crippen LogP contribution is -2.26. The third kappa shape index (κ3) is 4.12. The summed E-state index contributed by atoms with van der Waals surface area (Å²) in [6, 6.07) is 25.5. The van der Waals surface area contributed by atoms with E-state index in [1.54, 1.807) is 0 Å². The minimum atomic E-state index is -0.105. The summed E-state index contributed by atoms with van der Waals surface area (Å²) in [5.41, 5.74) is 5.22. The fraction of sp³-hybridized carbons (Fsp3) is 0.263. The second-order valence-electron chi connectivity index (χ2n) is 12.6. The maximum atomic E-state index is 13.7. The molecule has 1 aliphatic heterocycles. The Morgan fingerprint density at radius 3 is 2.19 bits per heavy atom. The topological polar surface area (TPSA) is 45.2 Å². The van der Waals surface area contributed by atoms with Crippen LogP contribution in [0, 0.1) is 11.8 Å². The van der Waals surface area contributed by atoms with Crippen LogP contribution in [-0.4, -0.2) is 32.3 Å². The molecule has 42 heavy (non-hydrogen) atoms. The van der Waals surface area contributed by atoms with Gasteiger partial charge in [-0.1, -0.05) is 82.3 Å². The van der Waals surface area contributed by atoms with Gasteiger partial charge in [0.2, 0.25) is 17.2 Å². The maximum Gasteiger partial charge on any atom is 0.214 e. The van der Waals surface area contributed by atoms with Crippen molar-refractivity contribution >= 4 is 55.7 Å². The van der Waals surface area contributed by atoms with E-state index in [1.807, 2.05) is 12.2 Å². The zero-order valence-corrected chi connectivity index (χ0v) is 24.8. The van der Waals surface area contributed by atoms with Crippen molar-refractivity contribution in [3.63, 3.8) is 0 Å². The van der Waals surface area contributed by atoms with Crippen LogP contribution in [0.15, 0.2) is 95.8 Å². The number of aromatic nitrogens is 1. The van der Waals surface area contributed by atoms with E-state index in [1.165, 1.54) is 32.7 Å². The molecule has 0 radical (unpaired) electrons. The summed E-state index contributed by atoms with van der Waals surface area (Å²) in [7, 11) is 0. The van der Waals surface area contributed by atoms with Crippen molar-refractivity contribution in [2.45, 2.75) is 47.1 Å². The number of nitrogens with zero attached hydrogens (tertiary/aromatic N) is 2. The second-order valence-corrected chi connectivity index (χ2v) is 12.6. The van der Waals surface area contributed by atoms with Crippen molar-refractivity contribution in [3.05, 3.63) is 107 Å². The van der Waals surface area contributed by atoms with E-state index < -0.39 is 0 Å². The van der Waals surface area contributed by atoms with E-state index >= 15 is 0 Å². The van der Waals surface area contributed by atoms with Gasteiger partial charge in [0.25, 0.3) is 0 Å².